The molecule has 4 nitrogen and oxygen atoms in total. The van der Waals surface area contributed by atoms with E-state index < -0.39 is 0 Å². The van der Waals surface area contributed by atoms with E-state index in [1.54, 1.807) is 25.3 Å². The molecular weight excluding hydrogens is 264 g/mol. The van der Waals surface area contributed by atoms with Crippen LogP contribution in [0.2, 0.25) is 0 Å². The summed E-state index contributed by atoms with van der Waals surface area (Å²) in [7, 11) is 1.57. The number of nitrogen functional groups attached to an aromatic ring is 1. The molecule has 4 heteroatoms. The number of hydrogen-bond donors (Lipinski definition) is 2. The zero-order valence-corrected chi connectivity index (χ0v) is 11.9. The van der Waals surface area contributed by atoms with Crippen molar-refractivity contribution in [3.8, 4) is 5.75 Å². The van der Waals surface area contributed by atoms with Gasteiger partial charge in [0.25, 0.3) is 5.91 Å². The molecule has 0 saturated heterocycles. The summed E-state index contributed by atoms with van der Waals surface area (Å²) in [5.74, 6) is 0.480. The van der Waals surface area contributed by atoms with Crippen molar-refractivity contribution >= 4 is 11.6 Å². The second-order valence-corrected chi connectivity index (χ2v) is 5.30. The Balaban J connectivity index is 1.73. The highest BCUT2D eigenvalue weighted by molar-refractivity contribution is 5.99. The number of hydrogen-bond acceptors (Lipinski definition) is 3. The summed E-state index contributed by atoms with van der Waals surface area (Å²) < 4.78 is 5.15. The molecular formula is C17H18N2O2. The van der Waals surface area contributed by atoms with Crippen molar-refractivity contribution in [2.45, 2.75) is 18.9 Å². The zero-order valence-electron chi connectivity index (χ0n) is 11.9. The van der Waals surface area contributed by atoms with Gasteiger partial charge in [0.2, 0.25) is 0 Å². The van der Waals surface area contributed by atoms with Gasteiger partial charge in [0.1, 0.15) is 5.75 Å². The number of methoxy groups -OCH3 is 1. The molecule has 21 heavy (non-hydrogen) atoms. The van der Waals surface area contributed by atoms with Crippen molar-refractivity contribution in [2.24, 2.45) is 0 Å². The highest BCUT2D eigenvalue weighted by atomic mass is 16.5. The molecule has 0 aliphatic heterocycles. The van der Waals surface area contributed by atoms with E-state index in [9.17, 15) is 4.79 Å². The van der Waals surface area contributed by atoms with Crippen LogP contribution in [0, 0.1) is 0 Å². The maximum Gasteiger partial charge on any atom is 0.253 e. The van der Waals surface area contributed by atoms with E-state index in [1.165, 1.54) is 11.1 Å². The normalized spacial score (nSPS) is 13.8. The molecule has 0 saturated carbocycles. The van der Waals surface area contributed by atoms with Crippen LogP contribution in [0.15, 0.2) is 42.5 Å². The minimum atomic E-state index is -0.149. The van der Waals surface area contributed by atoms with Crippen molar-refractivity contribution in [1.82, 2.24) is 5.32 Å². The topological polar surface area (TPSA) is 64.3 Å². The molecule has 0 heterocycles. The van der Waals surface area contributed by atoms with E-state index in [2.05, 4.69) is 17.4 Å². The molecule has 1 aliphatic rings. The number of carbonyl (C=O) groups is 1. The van der Waals surface area contributed by atoms with E-state index in [1.807, 2.05) is 12.1 Å². The predicted molar refractivity (Wildman–Crippen MR) is 82.5 cm³/mol. The molecule has 108 valence electrons. The number of amides is 1. The standard InChI is InChI=1S/C17H18N2O2/c1-21-14-6-7-16(18)15(10-14)17(20)19-13-8-11-4-2-3-5-12(11)9-13/h2-7,10,13H,8-9,18H2,1H3,(H,19,20). The van der Waals surface area contributed by atoms with Gasteiger partial charge in [-0.25, -0.2) is 0 Å². The predicted octanol–water partition coefficient (Wildman–Crippen LogP) is 2.17. The van der Waals surface area contributed by atoms with Crippen LogP contribution in [0.4, 0.5) is 5.69 Å². The van der Waals surface area contributed by atoms with Crippen LogP contribution < -0.4 is 15.8 Å². The quantitative estimate of drug-likeness (QED) is 0.848. The number of nitrogens with two attached hydrogens (primary N) is 1. The fourth-order valence-electron chi connectivity index (χ4n) is 2.78. The number of nitrogens with one attached hydrogen (secondary N) is 1. The number of fused-ring (bicyclic) bond motifs is 1. The molecule has 2 aromatic rings. The second kappa shape index (κ2) is 5.48. The average Bonchev–Trinajstić information content (AvgIpc) is 2.89. The Morgan fingerprint density at radius 2 is 1.86 bits per heavy atom. The summed E-state index contributed by atoms with van der Waals surface area (Å²) in [6.07, 6.45) is 1.73. The number of carbonyl (C=O) groups excluding carboxylic acids is 1. The molecule has 0 fully saturated rings. The summed E-state index contributed by atoms with van der Waals surface area (Å²) >= 11 is 0. The van der Waals surface area contributed by atoms with Gasteiger partial charge in [-0.15, -0.1) is 0 Å². The summed E-state index contributed by atoms with van der Waals surface area (Å²) in [6.45, 7) is 0. The molecule has 0 radical (unpaired) electrons. The largest absolute Gasteiger partial charge is 0.497 e. The first-order chi connectivity index (χ1) is 10.2. The molecule has 3 N–H and O–H groups in total. The Labute approximate surface area is 123 Å². The van der Waals surface area contributed by atoms with Crippen LogP contribution >= 0.6 is 0 Å². The minimum absolute atomic E-state index is 0.125. The molecule has 1 amide bonds. The van der Waals surface area contributed by atoms with E-state index in [-0.39, 0.29) is 11.9 Å². The molecule has 3 rings (SSSR count). The molecule has 1 aliphatic carbocycles. The average molecular weight is 282 g/mol. The summed E-state index contributed by atoms with van der Waals surface area (Å²) in [5, 5.41) is 3.06. The Bertz CT molecular complexity index is 657. The maximum absolute atomic E-state index is 12.4. The van der Waals surface area contributed by atoms with Gasteiger partial charge < -0.3 is 15.8 Å². The maximum atomic E-state index is 12.4. The number of anilines is 1. The second-order valence-electron chi connectivity index (χ2n) is 5.30. The summed E-state index contributed by atoms with van der Waals surface area (Å²) in [5.41, 5.74) is 9.43. The van der Waals surface area contributed by atoms with Gasteiger partial charge >= 0.3 is 0 Å². The van der Waals surface area contributed by atoms with Crippen LogP contribution in [0.25, 0.3) is 0 Å². The van der Waals surface area contributed by atoms with E-state index in [0.717, 1.165) is 12.8 Å². The van der Waals surface area contributed by atoms with Gasteiger partial charge in [0.15, 0.2) is 0 Å². The molecule has 0 aromatic heterocycles. The Morgan fingerprint density at radius 3 is 2.48 bits per heavy atom. The van der Waals surface area contributed by atoms with Crippen molar-refractivity contribution in [2.75, 3.05) is 12.8 Å². The first-order valence-electron chi connectivity index (χ1n) is 6.98. The van der Waals surface area contributed by atoms with Crippen molar-refractivity contribution < 1.29 is 9.53 Å². The lowest BCUT2D eigenvalue weighted by Crippen LogP contribution is -2.35. The van der Waals surface area contributed by atoms with E-state index in [4.69, 9.17) is 10.5 Å². The molecule has 2 aromatic carbocycles. The lowest BCUT2D eigenvalue weighted by molar-refractivity contribution is 0.0939. The third-order valence-corrected chi connectivity index (χ3v) is 3.89. The van der Waals surface area contributed by atoms with Gasteiger partial charge in [-0.05, 0) is 42.2 Å². The van der Waals surface area contributed by atoms with Gasteiger partial charge in [-0.1, -0.05) is 24.3 Å². The van der Waals surface area contributed by atoms with E-state index in [0.29, 0.717) is 17.0 Å². The number of ether oxygens (including phenoxy) is 1. The first kappa shape index (κ1) is 13.5. The van der Waals surface area contributed by atoms with Crippen LogP contribution in [-0.4, -0.2) is 19.1 Å². The van der Waals surface area contributed by atoms with Gasteiger partial charge in [0, 0.05) is 11.7 Å². The van der Waals surface area contributed by atoms with Crippen molar-refractivity contribution in [3.63, 3.8) is 0 Å². The lowest BCUT2D eigenvalue weighted by Gasteiger charge is -2.14. The minimum Gasteiger partial charge on any atom is -0.497 e. The van der Waals surface area contributed by atoms with Gasteiger partial charge in [0.05, 0.1) is 12.7 Å². The Morgan fingerprint density at radius 1 is 1.19 bits per heavy atom. The lowest BCUT2D eigenvalue weighted by atomic mass is 10.1. The van der Waals surface area contributed by atoms with Gasteiger partial charge in [-0.3, -0.25) is 4.79 Å². The van der Waals surface area contributed by atoms with Crippen molar-refractivity contribution in [1.29, 1.82) is 0 Å². The fraction of sp³-hybridized carbons (Fsp3) is 0.235. The van der Waals surface area contributed by atoms with Crippen LogP contribution in [-0.2, 0) is 12.8 Å². The van der Waals surface area contributed by atoms with Crippen LogP contribution in [0.1, 0.15) is 21.5 Å². The third kappa shape index (κ3) is 2.70. The monoisotopic (exact) mass is 282 g/mol. The van der Waals surface area contributed by atoms with E-state index >= 15 is 0 Å². The van der Waals surface area contributed by atoms with Crippen molar-refractivity contribution in [3.05, 3.63) is 59.2 Å². The zero-order chi connectivity index (χ0) is 14.8. The van der Waals surface area contributed by atoms with Gasteiger partial charge in [-0.2, -0.15) is 0 Å². The molecule has 0 spiro atoms. The van der Waals surface area contributed by atoms with Crippen LogP contribution in [0.3, 0.4) is 0 Å². The Kier molecular flexibility index (Phi) is 3.52. The third-order valence-electron chi connectivity index (χ3n) is 3.89. The SMILES string of the molecule is COc1ccc(N)c(C(=O)NC2Cc3ccccc3C2)c1. The van der Waals surface area contributed by atoms with Crippen LogP contribution in [0.5, 0.6) is 5.75 Å². The number of benzene rings is 2. The summed E-state index contributed by atoms with van der Waals surface area (Å²) in [4.78, 5) is 12.4. The first-order valence-corrected chi connectivity index (χ1v) is 6.98. The molecule has 0 unspecified atom stereocenters. The molecule has 0 atom stereocenters. The highest BCUT2D eigenvalue weighted by Gasteiger charge is 2.23. The smallest absolute Gasteiger partial charge is 0.253 e. The molecule has 0 bridgehead atoms. The summed E-state index contributed by atoms with van der Waals surface area (Å²) in [6, 6.07) is 13.5. The highest BCUT2D eigenvalue weighted by Crippen LogP contribution is 2.23. The Hall–Kier alpha value is -2.49. The number of rotatable bonds is 3. The fourth-order valence-corrected chi connectivity index (χ4v) is 2.78.